The lowest BCUT2D eigenvalue weighted by molar-refractivity contribution is 0.598. The maximum absolute atomic E-state index is 11.1. The van der Waals surface area contributed by atoms with Crippen molar-refractivity contribution in [2.45, 2.75) is 24.2 Å². The first-order valence-corrected chi connectivity index (χ1v) is 7.17. The predicted octanol–water partition coefficient (Wildman–Crippen LogP) is 1.13. The highest BCUT2D eigenvalue weighted by molar-refractivity contribution is 7.89. The standard InChI is InChI=1S/C11H17N3O2S/c12-10-7-9(17(13,15)16)3-4-11(10)14-6-5-8-1-2-8/h3-4,7-8,14H,1-2,5-6,12H2,(H2,13,15,16). The summed E-state index contributed by atoms with van der Waals surface area (Å²) in [5.41, 5.74) is 6.94. The average Bonchev–Trinajstić information content (AvgIpc) is 3.02. The van der Waals surface area contributed by atoms with Crippen LogP contribution in [0.15, 0.2) is 23.1 Å². The van der Waals surface area contributed by atoms with Crippen LogP contribution in [0.25, 0.3) is 0 Å². The largest absolute Gasteiger partial charge is 0.397 e. The molecule has 0 bridgehead atoms. The van der Waals surface area contributed by atoms with Crippen LogP contribution < -0.4 is 16.2 Å². The molecule has 1 aliphatic rings. The highest BCUT2D eigenvalue weighted by Gasteiger charge is 2.20. The van der Waals surface area contributed by atoms with Crippen LogP contribution in [0.2, 0.25) is 0 Å². The Bertz CT molecular complexity index is 509. The average molecular weight is 255 g/mol. The molecule has 0 aromatic heterocycles. The molecule has 0 aliphatic heterocycles. The number of nitrogens with two attached hydrogens (primary N) is 2. The van der Waals surface area contributed by atoms with Crippen LogP contribution in [0.4, 0.5) is 11.4 Å². The number of nitrogen functional groups attached to an aromatic ring is 1. The molecule has 1 aliphatic carbocycles. The van der Waals surface area contributed by atoms with Crippen molar-refractivity contribution in [1.29, 1.82) is 0 Å². The van der Waals surface area contributed by atoms with Gasteiger partial charge in [0.2, 0.25) is 10.0 Å². The molecule has 0 heterocycles. The van der Waals surface area contributed by atoms with Crippen molar-refractivity contribution in [3.05, 3.63) is 18.2 Å². The van der Waals surface area contributed by atoms with Gasteiger partial charge < -0.3 is 11.1 Å². The fourth-order valence-corrected chi connectivity index (χ4v) is 2.25. The van der Waals surface area contributed by atoms with Crippen LogP contribution in [-0.4, -0.2) is 15.0 Å². The topological polar surface area (TPSA) is 98.2 Å². The molecule has 2 rings (SSSR count). The Kier molecular flexibility index (Phi) is 3.26. The Balaban J connectivity index is 2.02. The van der Waals surface area contributed by atoms with E-state index in [-0.39, 0.29) is 4.90 Å². The van der Waals surface area contributed by atoms with E-state index < -0.39 is 10.0 Å². The van der Waals surface area contributed by atoms with Crippen molar-refractivity contribution < 1.29 is 8.42 Å². The van der Waals surface area contributed by atoms with Gasteiger partial charge in [-0.15, -0.1) is 0 Å². The molecular formula is C11H17N3O2S. The van der Waals surface area contributed by atoms with Gasteiger partial charge in [0.1, 0.15) is 0 Å². The van der Waals surface area contributed by atoms with Crippen LogP contribution >= 0.6 is 0 Å². The number of hydrogen-bond acceptors (Lipinski definition) is 4. The van der Waals surface area contributed by atoms with Crippen LogP contribution in [0.3, 0.4) is 0 Å². The monoisotopic (exact) mass is 255 g/mol. The van der Waals surface area contributed by atoms with Crippen LogP contribution in [0.5, 0.6) is 0 Å². The van der Waals surface area contributed by atoms with Gasteiger partial charge >= 0.3 is 0 Å². The lowest BCUT2D eigenvalue weighted by atomic mass is 10.2. The fourth-order valence-electron chi connectivity index (χ4n) is 1.70. The summed E-state index contributed by atoms with van der Waals surface area (Å²) in [6.45, 7) is 0.865. The zero-order valence-corrected chi connectivity index (χ0v) is 10.3. The van der Waals surface area contributed by atoms with Gasteiger partial charge in [-0.3, -0.25) is 0 Å². The van der Waals surface area contributed by atoms with E-state index in [1.807, 2.05) is 0 Å². The first kappa shape index (κ1) is 12.2. The van der Waals surface area contributed by atoms with Crippen molar-refractivity contribution in [2.75, 3.05) is 17.6 Å². The minimum absolute atomic E-state index is 0.0442. The fraction of sp³-hybridized carbons (Fsp3) is 0.455. The minimum Gasteiger partial charge on any atom is -0.397 e. The second kappa shape index (κ2) is 4.54. The molecule has 0 radical (unpaired) electrons. The summed E-state index contributed by atoms with van der Waals surface area (Å²) in [6, 6.07) is 4.50. The molecule has 1 aromatic rings. The van der Waals surface area contributed by atoms with Gasteiger partial charge in [-0.25, -0.2) is 13.6 Å². The van der Waals surface area contributed by atoms with Crippen molar-refractivity contribution in [3.8, 4) is 0 Å². The third kappa shape index (κ3) is 3.34. The number of primary sulfonamides is 1. The lowest BCUT2D eigenvalue weighted by Crippen LogP contribution is -2.13. The molecule has 0 atom stereocenters. The van der Waals surface area contributed by atoms with Crippen LogP contribution in [-0.2, 0) is 10.0 Å². The summed E-state index contributed by atoms with van der Waals surface area (Å²) < 4.78 is 22.2. The first-order chi connectivity index (χ1) is 7.97. The Labute approximate surface area is 101 Å². The molecule has 6 heteroatoms. The van der Waals surface area contributed by atoms with Gasteiger partial charge in [0.15, 0.2) is 0 Å². The molecule has 0 spiro atoms. The van der Waals surface area contributed by atoms with Crippen LogP contribution in [0.1, 0.15) is 19.3 Å². The Morgan fingerprint density at radius 3 is 2.59 bits per heavy atom. The van der Waals surface area contributed by atoms with Gasteiger partial charge in [-0.1, -0.05) is 12.8 Å². The zero-order valence-electron chi connectivity index (χ0n) is 9.52. The highest BCUT2D eigenvalue weighted by Crippen LogP contribution is 2.32. The summed E-state index contributed by atoms with van der Waals surface area (Å²) in [6.07, 6.45) is 3.78. The smallest absolute Gasteiger partial charge is 0.238 e. The van der Waals surface area contributed by atoms with Gasteiger partial charge in [0.05, 0.1) is 16.3 Å². The Morgan fingerprint density at radius 2 is 2.06 bits per heavy atom. The number of hydrogen-bond donors (Lipinski definition) is 3. The van der Waals surface area contributed by atoms with Crippen molar-refractivity contribution in [3.63, 3.8) is 0 Å². The molecule has 0 amide bonds. The van der Waals surface area contributed by atoms with E-state index in [4.69, 9.17) is 10.9 Å². The van der Waals surface area contributed by atoms with E-state index >= 15 is 0 Å². The quantitative estimate of drug-likeness (QED) is 0.687. The van der Waals surface area contributed by atoms with Crippen molar-refractivity contribution in [1.82, 2.24) is 0 Å². The molecule has 1 saturated carbocycles. The Hall–Kier alpha value is -1.27. The minimum atomic E-state index is -3.67. The van der Waals surface area contributed by atoms with Crippen molar-refractivity contribution in [2.24, 2.45) is 11.1 Å². The van der Waals surface area contributed by atoms with E-state index in [1.165, 1.54) is 25.0 Å². The SMILES string of the molecule is Nc1cc(S(N)(=O)=O)ccc1NCCC1CC1. The second-order valence-electron chi connectivity index (χ2n) is 4.45. The third-order valence-electron chi connectivity index (χ3n) is 2.92. The highest BCUT2D eigenvalue weighted by atomic mass is 32.2. The van der Waals surface area contributed by atoms with Gasteiger partial charge in [-0.05, 0) is 30.5 Å². The molecule has 1 fully saturated rings. The lowest BCUT2D eigenvalue weighted by Gasteiger charge is -2.10. The maximum atomic E-state index is 11.1. The normalized spacial score (nSPS) is 15.8. The number of sulfonamides is 1. The summed E-state index contributed by atoms with van der Waals surface area (Å²) in [5.74, 6) is 0.854. The Morgan fingerprint density at radius 1 is 1.35 bits per heavy atom. The van der Waals surface area contributed by atoms with Gasteiger partial charge in [-0.2, -0.15) is 0 Å². The van der Waals surface area contributed by atoms with Crippen LogP contribution in [0, 0.1) is 5.92 Å². The summed E-state index contributed by atoms with van der Waals surface area (Å²) in [4.78, 5) is 0.0442. The molecule has 17 heavy (non-hydrogen) atoms. The number of benzene rings is 1. The summed E-state index contributed by atoms with van der Waals surface area (Å²) >= 11 is 0. The number of anilines is 2. The van der Waals surface area contributed by atoms with E-state index in [0.717, 1.165) is 24.6 Å². The maximum Gasteiger partial charge on any atom is 0.238 e. The van der Waals surface area contributed by atoms with Crippen molar-refractivity contribution >= 4 is 21.4 Å². The molecule has 1 aromatic carbocycles. The zero-order chi connectivity index (χ0) is 12.5. The third-order valence-corrected chi connectivity index (χ3v) is 3.83. The van der Waals surface area contributed by atoms with Gasteiger partial charge in [0, 0.05) is 6.54 Å². The molecule has 0 saturated heterocycles. The second-order valence-corrected chi connectivity index (χ2v) is 6.01. The summed E-state index contributed by atoms with van der Waals surface area (Å²) in [7, 11) is -3.67. The first-order valence-electron chi connectivity index (χ1n) is 5.63. The molecular weight excluding hydrogens is 238 g/mol. The molecule has 0 unspecified atom stereocenters. The predicted molar refractivity (Wildman–Crippen MR) is 68.1 cm³/mol. The molecule has 94 valence electrons. The van der Waals surface area contributed by atoms with Gasteiger partial charge in [0.25, 0.3) is 0 Å². The summed E-state index contributed by atoms with van der Waals surface area (Å²) in [5, 5.41) is 8.22. The molecule has 5 N–H and O–H groups in total. The van der Waals surface area contributed by atoms with E-state index in [0.29, 0.717) is 5.69 Å². The van der Waals surface area contributed by atoms with E-state index in [2.05, 4.69) is 5.32 Å². The number of nitrogens with one attached hydrogen (secondary N) is 1. The van der Waals surface area contributed by atoms with E-state index in [1.54, 1.807) is 6.07 Å². The molecule has 5 nitrogen and oxygen atoms in total. The van der Waals surface area contributed by atoms with E-state index in [9.17, 15) is 8.42 Å². The number of rotatable bonds is 5.